The van der Waals surface area contributed by atoms with Crippen LogP contribution in [-0.2, 0) is 16.1 Å². The van der Waals surface area contributed by atoms with E-state index in [9.17, 15) is 14.0 Å². The fraction of sp³-hybridized carbons (Fsp3) is 0.217. The minimum atomic E-state index is -0.408. The van der Waals surface area contributed by atoms with E-state index in [4.69, 9.17) is 4.74 Å². The summed E-state index contributed by atoms with van der Waals surface area (Å²) in [5.74, 6) is -1.03. The van der Waals surface area contributed by atoms with Crippen molar-refractivity contribution >= 4 is 17.6 Å². The fourth-order valence-corrected chi connectivity index (χ4v) is 3.20. The molecule has 29 heavy (non-hydrogen) atoms. The first-order chi connectivity index (χ1) is 14.0. The predicted molar refractivity (Wildman–Crippen MR) is 110 cm³/mol. The highest BCUT2D eigenvalue weighted by atomic mass is 19.1. The highest BCUT2D eigenvalue weighted by molar-refractivity contribution is 5.93. The van der Waals surface area contributed by atoms with E-state index in [0.717, 1.165) is 17.0 Å². The SMILES string of the molecule is CCOC(=O)c1cc(-c2ccccc2)n(CCC(=O)Nc2cccc(F)c2)c1C. The van der Waals surface area contributed by atoms with Crippen LogP contribution >= 0.6 is 0 Å². The minimum absolute atomic E-state index is 0.175. The summed E-state index contributed by atoms with van der Waals surface area (Å²) in [5.41, 5.74) is 3.41. The summed E-state index contributed by atoms with van der Waals surface area (Å²) in [4.78, 5) is 24.7. The molecule has 0 spiro atoms. The number of carbonyl (C=O) groups excluding carboxylic acids is 2. The molecule has 2 aromatic carbocycles. The predicted octanol–water partition coefficient (Wildman–Crippen LogP) is 4.81. The van der Waals surface area contributed by atoms with Crippen molar-refractivity contribution in [1.82, 2.24) is 4.57 Å². The van der Waals surface area contributed by atoms with Gasteiger partial charge in [0.15, 0.2) is 0 Å². The number of amides is 1. The van der Waals surface area contributed by atoms with E-state index in [1.165, 1.54) is 12.1 Å². The van der Waals surface area contributed by atoms with Crippen LogP contribution in [0.5, 0.6) is 0 Å². The molecular weight excluding hydrogens is 371 g/mol. The number of hydrogen-bond acceptors (Lipinski definition) is 3. The number of nitrogens with zero attached hydrogens (tertiary/aromatic N) is 1. The smallest absolute Gasteiger partial charge is 0.339 e. The van der Waals surface area contributed by atoms with Crippen molar-refractivity contribution in [2.75, 3.05) is 11.9 Å². The second-order valence-corrected chi connectivity index (χ2v) is 6.58. The van der Waals surface area contributed by atoms with Gasteiger partial charge < -0.3 is 14.6 Å². The summed E-state index contributed by atoms with van der Waals surface area (Å²) < 4.78 is 20.4. The Balaban J connectivity index is 1.83. The molecule has 0 unspecified atom stereocenters. The zero-order valence-corrected chi connectivity index (χ0v) is 16.4. The summed E-state index contributed by atoms with van der Waals surface area (Å²) in [6.45, 7) is 4.26. The van der Waals surface area contributed by atoms with Gasteiger partial charge in [0, 0.05) is 30.0 Å². The number of esters is 1. The third-order valence-corrected chi connectivity index (χ3v) is 4.60. The van der Waals surface area contributed by atoms with Gasteiger partial charge in [-0.05, 0) is 43.7 Å². The summed E-state index contributed by atoms with van der Waals surface area (Å²) in [7, 11) is 0. The normalized spacial score (nSPS) is 10.6. The zero-order chi connectivity index (χ0) is 20.8. The lowest BCUT2D eigenvalue weighted by Crippen LogP contribution is -2.16. The van der Waals surface area contributed by atoms with Crippen LogP contribution < -0.4 is 5.32 Å². The van der Waals surface area contributed by atoms with Crippen molar-refractivity contribution < 1.29 is 18.7 Å². The lowest BCUT2D eigenvalue weighted by molar-refractivity contribution is -0.116. The van der Waals surface area contributed by atoms with Gasteiger partial charge in [0.2, 0.25) is 5.91 Å². The number of carbonyl (C=O) groups is 2. The number of rotatable bonds is 7. The van der Waals surface area contributed by atoms with E-state index in [1.54, 1.807) is 25.1 Å². The molecule has 3 aromatic rings. The van der Waals surface area contributed by atoms with Crippen LogP contribution in [-0.4, -0.2) is 23.1 Å². The maximum Gasteiger partial charge on any atom is 0.339 e. The van der Waals surface area contributed by atoms with E-state index in [-0.39, 0.29) is 18.3 Å². The summed E-state index contributed by atoms with van der Waals surface area (Å²) in [5, 5.41) is 2.70. The van der Waals surface area contributed by atoms with Gasteiger partial charge in [0.1, 0.15) is 5.82 Å². The second kappa shape index (κ2) is 9.19. The number of nitrogens with one attached hydrogen (secondary N) is 1. The molecule has 0 saturated heterocycles. The van der Waals surface area contributed by atoms with Crippen LogP contribution in [0.25, 0.3) is 11.3 Å². The van der Waals surface area contributed by atoms with Crippen LogP contribution in [0.2, 0.25) is 0 Å². The highest BCUT2D eigenvalue weighted by Crippen LogP contribution is 2.27. The molecular formula is C23H23FN2O3. The average molecular weight is 394 g/mol. The lowest BCUT2D eigenvalue weighted by atomic mass is 10.1. The van der Waals surface area contributed by atoms with Gasteiger partial charge in [-0.3, -0.25) is 4.79 Å². The van der Waals surface area contributed by atoms with Crippen LogP contribution in [0.3, 0.4) is 0 Å². The number of aromatic nitrogens is 1. The van der Waals surface area contributed by atoms with Gasteiger partial charge in [-0.25, -0.2) is 9.18 Å². The molecule has 1 heterocycles. The van der Waals surface area contributed by atoms with Crippen molar-refractivity contribution in [3.8, 4) is 11.3 Å². The van der Waals surface area contributed by atoms with Crippen molar-refractivity contribution in [2.45, 2.75) is 26.8 Å². The van der Waals surface area contributed by atoms with E-state index in [0.29, 0.717) is 24.4 Å². The monoisotopic (exact) mass is 394 g/mol. The van der Waals surface area contributed by atoms with Gasteiger partial charge in [-0.1, -0.05) is 36.4 Å². The summed E-state index contributed by atoms with van der Waals surface area (Å²) in [6.07, 6.45) is 0.175. The molecule has 1 aromatic heterocycles. The van der Waals surface area contributed by atoms with Crippen LogP contribution in [0.1, 0.15) is 29.4 Å². The Morgan fingerprint density at radius 3 is 2.52 bits per heavy atom. The first-order valence-electron chi connectivity index (χ1n) is 9.47. The van der Waals surface area contributed by atoms with E-state index >= 15 is 0 Å². The summed E-state index contributed by atoms with van der Waals surface area (Å²) >= 11 is 0. The van der Waals surface area contributed by atoms with Gasteiger partial charge in [-0.15, -0.1) is 0 Å². The van der Waals surface area contributed by atoms with Crippen molar-refractivity contribution in [3.63, 3.8) is 0 Å². The van der Waals surface area contributed by atoms with E-state index < -0.39 is 5.82 Å². The first kappa shape index (κ1) is 20.3. The van der Waals surface area contributed by atoms with E-state index in [2.05, 4.69) is 5.32 Å². The van der Waals surface area contributed by atoms with Gasteiger partial charge in [-0.2, -0.15) is 0 Å². The molecule has 0 radical (unpaired) electrons. The molecule has 0 aliphatic carbocycles. The fourth-order valence-electron chi connectivity index (χ4n) is 3.20. The molecule has 150 valence electrons. The molecule has 0 fully saturated rings. The Hall–Kier alpha value is -3.41. The average Bonchev–Trinajstić information content (AvgIpc) is 3.04. The Bertz CT molecular complexity index is 1010. The van der Waals surface area contributed by atoms with Gasteiger partial charge >= 0.3 is 5.97 Å². The Morgan fingerprint density at radius 2 is 1.83 bits per heavy atom. The molecule has 0 aliphatic heterocycles. The third kappa shape index (κ3) is 4.90. The quantitative estimate of drug-likeness (QED) is 0.585. The zero-order valence-electron chi connectivity index (χ0n) is 16.4. The molecule has 0 saturated carbocycles. The Morgan fingerprint density at radius 1 is 1.07 bits per heavy atom. The highest BCUT2D eigenvalue weighted by Gasteiger charge is 2.20. The van der Waals surface area contributed by atoms with Crippen LogP contribution in [0, 0.1) is 12.7 Å². The largest absolute Gasteiger partial charge is 0.462 e. The Labute approximate surface area is 169 Å². The maximum absolute atomic E-state index is 13.3. The standard InChI is InChI=1S/C23H23FN2O3/c1-3-29-23(28)20-15-21(17-8-5-4-6-9-17)26(16(20)2)13-12-22(27)25-19-11-7-10-18(24)14-19/h4-11,14-15H,3,12-13H2,1-2H3,(H,25,27). The van der Waals surface area contributed by atoms with Crippen LogP contribution in [0.4, 0.5) is 10.1 Å². The second-order valence-electron chi connectivity index (χ2n) is 6.58. The lowest BCUT2D eigenvalue weighted by Gasteiger charge is -2.12. The number of benzene rings is 2. The molecule has 5 nitrogen and oxygen atoms in total. The van der Waals surface area contributed by atoms with E-state index in [1.807, 2.05) is 41.8 Å². The number of halogens is 1. The minimum Gasteiger partial charge on any atom is -0.462 e. The first-order valence-corrected chi connectivity index (χ1v) is 9.47. The molecule has 6 heteroatoms. The van der Waals surface area contributed by atoms with Crippen molar-refractivity contribution in [1.29, 1.82) is 0 Å². The Kier molecular flexibility index (Phi) is 6.44. The maximum atomic E-state index is 13.3. The summed E-state index contributed by atoms with van der Waals surface area (Å²) in [6, 6.07) is 17.2. The van der Waals surface area contributed by atoms with Gasteiger partial charge in [0.25, 0.3) is 0 Å². The number of anilines is 1. The van der Waals surface area contributed by atoms with Crippen molar-refractivity contribution in [3.05, 3.63) is 77.7 Å². The van der Waals surface area contributed by atoms with Crippen LogP contribution in [0.15, 0.2) is 60.7 Å². The molecule has 0 bridgehead atoms. The van der Waals surface area contributed by atoms with Crippen molar-refractivity contribution in [2.24, 2.45) is 0 Å². The third-order valence-electron chi connectivity index (χ3n) is 4.60. The number of hydrogen-bond donors (Lipinski definition) is 1. The van der Waals surface area contributed by atoms with Gasteiger partial charge in [0.05, 0.1) is 12.2 Å². The topological polar surface area (TPSA) is 60.3 Å². The molecule has 1 amide bonds. The molecule has 3 rings (SSSR count). The molecule has 0 atom stereocenters. The number of ether oxygens (including phenoxy) is 1. The molecule has 1 N–H and O–H groups in total. The molecule has 0 aliphatic rings.